The maximum absolute atomic E-state index is 11.5. The fourth-order valence-corrected chi connectivity index (χ4v) is 2.35. The van der Waals surface area contributed by atoms with Crippen LogP contribution >= 0.6 is 0 Å². The number of aliphatic hydroxyl groups is 1. The minimum atomic E-state index is -3.39. The zero-order valence-electron chi connectivity index (χ0n) is 9.17. The van der Waals surface area contributed by atoms with E-state index in [1.54, 1.807) is 12.1 Å². The molecule has 0 aromatic heterocycles. The second-order valence-electron chi connectivity index (χ2n) is 3.46. The third-order valence-corrected chi connectivity index (χ3v) is 3.37. The molecule has 90 valence electrons. The first kappa shape index (κ1) is 13.0. The summed E-state index contributed by atoms with van der Waals surface area (Å²) < 4.78 is 28.0. The van der Waals surface area contributed by atoms with Crippen LogP contribution in [0.1, 0.15) is 11.6 Å². The van der Waals surface area contributed by atoms with Crippen LogP contribution in [0.2, 0.25) is 0 Å². The van der Waals surface area contributed by atoms with E-state index in [1.165, 1.54) is 13.2 Å². The van der Waals surface area contributed by atoms with E-state index in [0.29, 0.717) is 11.3 Å². The first-order valence-corrected chi connectivity index (χ1v) is 6.53. The molecule has 0 spiro atoms. The molecule has 0 bridgehead atoms. The van der Waals surface area contributed by atoms with Crippen molar-refractivity contribution in [1.29, 1.82) is 0 Å². The molecule has 1 aromatic rings. The molecule has 1 unspecified atom stereocenters. The highest BCUT2D eigenvalue weighted by atomic mass is 32.2. The van der Waals surface area contributed by atoms with Crippen LogP contribution in [-0.4, -0.2) is 33.5 Å². The Morgan fingerprint density at radius 3 is 2.56 bits per heavy atom. The van der Waals surface area contributed by atoms with E-state index < -0.39 is 15.9 Å². The molecule has 1 aromatic carbocycles. The van der Waals surface area contributed by atoms with Crippen molar-refractivity contribution in [2.24, 2.45) is 5.73 Å². The standard InChI is InChI=1S/C10H15NO4S/c1-15-7-3-4-8(9(11)6-12)10(5-7)16(2,13)14/h3-5,9,12H,6,11H2,1-2H3. The average Bonchev–Trinajstić information content (AvgIpc) is 2.26. The molecule has 5 nitrogen and oxygen atoms in total. The van der Waals surface area contributed by atoms with Crippen LogP contribution in [0.4, 0.5) is 0 Å². The molecule has 0 amide bonds. The van der Waals surface area contributed by atoms with Crippen molar-refractivity contribution in [2.75, 3.05) is 20.0 Å². The molecular weight excluding hydrogens is 230 g/mol. The number of ether oxygens (including phenoxy) is 1. The van der Waals surface area contributed by atoms with E-state index in [9.17, 15) is 8.42 Å². The molecule has 1 rings (SSSR count). The molecule has 0 aliphatic rings. The number of aliphatic hydroxyl groups excluding tert-OH is 1. The Kier molecular flexibility index (Phi) is 3.90. The summed E-state index contributed by atoms with van der Waals surface area (Å²) in [6.45, 7) is -0.311. The lowest BCUT2D eigenvalue weighted by Gasteiger charge is -2.14. The van der Waals surface area contributed by atoms with Gasteiger partial charge in [0.2, 0.25) is 0 Å². The second kappa shape index (κ2) is 4.82. The van der Waals surface area contributed by atoms with Gasteiger partial charge in [-0.25, -0.2) is 8.42 Å². The van der Waals surface area contributed by atoms with Crippen molar-refractivity contribution in [3.63, 3.8) is 0 Å². The summed E-state index contributed by atoms with van der Waals surface area (Å²) in [5.41, 5.74) is 6.02. The summed E-state index contributed by atoms with van der Waals surface area (Å²) in [4.78, 5) is 0.0911. The van der Waals surface area contributed by atoms with E-state index in [2.05, 4.69) is 0 Å². The molecule has 0 aliphatic carbocycles. The SMILES string of the molecule is COc1ccc(C(N)CO)c(S(C)(=O)=O)c1. The molecule has 0 aliphatic heterocycles. The summed E-state index contributed by atoms with van der Waals surface area (Å²) in [6.07, 6.45) is 1.09. The minimum absolute atomic E-state index is 0.0911. The zero-order valence-corrected chi connectivity index (χ0v) is 9.99. The Morgan fingerprint density at radius 2 is 2.12 bits per heavy atom. The van der Waals surface area contributed by atoms with Gasteiger partial charge < -0.3 is 15.6 Å². The zero-order chi connectivity index (χ0) is 12.3. The highest BCUT2D eigenvalue weighted by Crippen LogP contribution is 2.25. The lowest BCUT2D eigenvalue weighted by Crippen LogP contribution is -2.18. The van der Waals surface area contributed by atoms with Gasteiger partial charge in [0.05, 0.1) is 24.7 Å². The Hall–Kier alpha value is -1.11. The van der Waals surface area contributed by atoms with Crippen molar-refractivity contribution < 1.29 is 18.3 Å². The van der Waals surface area contributed by atoms with Crippen LogP contribution in [0.3, 0.4) is 0 Å². The maximum atomic E-state index is 11.5. The van der Waals surface area contributed by atoms with Gasteiger partial charge in [-0.2, -0.15) is 0 Å². The van der Waals surface area contributed by atoms with Crippen LogP contribution in [0.5, 0.6) is 5.75 Å². The Bertz CT molecular complexity index is 470. The number of sulfone groups is 1. The predicted octanol–water partition coefficient (Wildman–Crippen LogP) is 0.0908. The lowest BCUT2D eigenvalue weighted by atomic mass is 10.1. The smallest absolute Gasteiger partial charge is 0.175 e. The first-order chi connectivity index (χ1) is 7.40. The Morgan fingerprint density at radius 1 is 1.50 bits per heavy atom. The van der Waals surface area contributed by atoms with Crippen molar-refractivity contribution in [1.82, 2.24) is 0 Å². The first-order valence-electron chi connectivity index (χ1n) is 4.64. The number of hydrogen-bond donors (Lipinski definition) is 2. The van der Waals surface area contributed by atoms with Gasteiger partial charge in [-0.3, -0.25) is 0 Å². The van der Waals surface area contributed by atoms with Gasteiger partial charge in [-0.15, -0.1) is 0 Å². The Balaban J connectivity index is 3.39. The molecule has 6 heteroatoms. The quantitative estimate of drug-likeness (QED) is 0.784. The molecule has 0 fully saturated rings. The molecule has 0 saturated heterocycles. The van der Waals surface area contributed by atoms with E-state index in [4.69, 9.17) is 15.6 Å². The summed E-state index contributed by atoms with van der Waals surface area (Å²) in [6, 6.07) is 3.85. The molecular formula is C10H15NO4S. The monoisotopic (exact) mass is 245 g/mol. The molecule has 0 saturated carbocycles. The van der Waals surface area contributed by atoms with Crippen molar-refractivity contribution in [3.05, 3.63) is 23.8 Å². The molecule has 0 radical (unpaired) electrons. The fraction of sp³-hybridized carbons (Fsp3) is 0.400. The van der Waals surface area contributed by atoms with Crippen LogP contribution in [0, 0.1) is 0 Å². The largest absolute Gasteiger partial charge is 0.497 e. The molecule has 1 atom stereocenters. The van der Waals surface area contributed by atoms with Crippen LogP contribution in [-0.2, 0) is 9.84 Å². The van der Waals surface area contributed by atoms with Gasteiger partial charge in [0.15, 0.2) is 9.84 Å². The molecule has 0 heterocycles. The molecule has 16 heavy (non-hydrogen) atoms. The lowest BCUT2D eigenvalue weighted by molar-refractivity contribution is 0.266. The predicted molar refractivity (Wildman–Crippen MR) is 60.1 cm³/mol. The van der Waals surface area contributed by atoms with Crippen LogP contribution < -0.4 is 10.5 Å². The van der Waals surface area contributed by atoms with Crippen molar-refractivity contribution in [2.45, 2.75) is 10.9 Å². The summed E-state index contributed by atoms with van der Waals surface area (Å²) in [5.74, 6) is 0.439. The van der Waals surface area contributed by atoms with Crippen LogP contribution in [0.15, 0.2) is 23.1 Å². The highest BCUT2D eigenvalue weighted by molar-refractivity contribution is 7.90. The summed E-state index contributed by atoms with van der Waals surface area (Å²) >= 11 is 0. The third kappa shape index (κ3) is 2.72. The van der Waals surface area contributed by atoms with Crippen molar-refractivity contribution in [3.8, 4) is 5.75 Å². The van der Waals surface area contributed by atoms with Gasteiger partial charge >= 0.3 is 0 Å². The normalized spacial score (nSPS) is 13.5. The fourth-order valence-electron chi connectivity index (χ4n) is 1.37. The maximum Gasteiger partial charge on any atom is 0.175 e. The molecule has 3 N–H and O–H groups in total. The van der Waals surface area contributed by atoms with Crippen molar-refractivity contribution >= 4 is 9.84 Å². The van der Waals surface area contributed by atoms with Gasteiger partial charge in [-0.1, -0.05) is 6.07 Å². The Labute approximate surface area is 94.8 Å². The number of nitrogens with two attached hydrogens (primary N) is 1. The van der Waals surface area contributed by atoms with E-state index in [0.717, 1.165) is 6.26 Å². The summed E-state index contributed by atoms with van der Waals surface area (Å²) in [5, 5.41) is 8.95. The van der Waals surface area contributed by atoms with E-state index in [-0.39, 0.29) is 11.5 Å². The average molecular weight is 245 g/mol. The van der Waals surface area contributed by atoms with Crippen LogP contribution in [0.25, 0.3) is 0 Å². The number of rotatable bonds is 4. The van der Waals surface area contributed by atoms with Gasteiger partial charge in [0.25, 0.3) is 0 Å². The van der Waals surface area contributed by atoms with Gasteiger partial charge in [0, 0.05) is 6.26 Å². The van der Waals surface area contributed by atoms with E-state index in [1.807, 2.05) is 0 Å². The number of methoxy groups -OCH3 is 1. The second-order valence-corrected chi connectivity index (χ2v) is 5.45. The summed E-state index contributed by atoms with van der Waals surface area (Å²) in [7, 11) is -1.94. The van der Waals surface area contributed by atoms with Gasteiger partial charge in [0.1, 0.15) is 5.75 Å². The topological polar surface area (TPSA) is 89.6 Å². The number of hydrogen-bond acceptors (Lipinski definition) is 5. The highest BCUT2D eigenvalue weighted by Gasteiger charge is 2.18. The minimum Gasteiger partial charge on any atom is -0.497 e. The third-order valence-electron chi connectivity index (χ3n) is 2.22. The van der Waals surface area contributed by atoms with Gasteiger partial charge in [-0.05, 0) is 17.7 Å². The number of benzene rings is 1. The van der Waals surface area contributed by atoms with E-state index >= 15 is 0 Å².